The Labute approximate surface area is 111 Å². The molecule has 1 aromatic carbocycles. The Morgan fingerprint density at radius 3 is 2.56 bits per heavy atom. The number of nitrogens with zero attached hydrogens (tertiary/aromatic N) is 1. The maximum atomic E-state index is 12.0. The predicted molar refractivity (Wildman–Crippen MR) is 68.2 cm³/mol. The van der Waals surface area contributed by atoms with Crippen LogP contribution in [0.15, 0.2) is 23.1 Å². The van der Waals surface area contributed by atoms with E-state index >= 15 is 0 Å². The lowest BCUT2D eigenvalue weighted by Gasteiger charge is -2.31. The number of hydrogen-bond donors (Lipinski definition) is 1. The third kappa shape index (κ3) is 2.36. The molecule has 7 heteroatoms. The number of amides is 1. The molecule has 1 aliphatic rings. The number of carbonyl (C=O) groups is 1. The van der Waals surface area contributed by atoms with Gasteiger partial charge in [-0.2, -0.15) is 0 Å². The van der Waals surface area contributed by atoms with E-state index < -0.39 is 10.0 Å². The fourth-order valence-corrected chi connectivity index (χ4v) is 2.60. The zero-order valence-electron chi connectivity index (χ0n) is 9.81. The van der Waals surface area contributed by atoms with Crippen LogP contribution in [0.2, 0.25) is 5.02 Å². The average Bonchev–Trinajstić information content (AvgIpc) is 2.26. The summed E-state index contributed by atoms with van der Waals surface area (Å²) < 4.78 is 25.5. The number of hydrogen-bond acceptors (Lipinski definition) is 3. The zero-order valence-corrected chi connectivity index (χ0v) is 11.4. The van der Waals surface area contributed by atoms with E-state index in [4.69, 9.17) is 11.6 Å². The first-order chi connectivity index (χ1) is 8.45. The Hall–Kier alpha value is -1.11. The molecule has 1 aromatic rings. The van der Waals surface area contributed by atoms with E-state index in [1.165, 1.54) is 25.2 Å². The highest BCUT2D eigenvalue weighted by atomic mass is 35.5. The minimum Gasteiger partial charge on any atom is -0.338 e. The zero-order chi connectivity index (χ0) is 13.3. The van der Waals surface area contributed by atoms with Gasteiger partial charge < -0.3 is 4.90 Å². The molecule has 1 amide bonds. The molecule has 1 heterocycles. The van der Waals surface area contributed by atoms with Crippen molar-refractivity contribution in [3.05, 3.63) is 28.8 Å². The Bertz CT molecular complexity index is 582. The molecule has 0 radical (unpaired) electrons. The topological polar surface area (TPSA) is 66.5 Å². The molecule has 0 aliphatic carbocycles. The summed E-state index contributed by atoms with van der Waals surface area (Å²) in [7, 11) is -2.24. The van der Waals surface area contributed by atoms with Crippen LogP contribution >= 0.6 is 11.6 Å². The summed E-state index contributed by atoms with van der Waals surface area (Å²) in [6, 6.07) is 4.12. The summed E-state index contributed by atoms with van der Waals surface area (Å²) >= 11 is 5.95. The molecule has 98 valence electrons. The Kier molecular flexibility index (Phi) is 3.61. The highest BCUT2D eigenvalue weighted by molar-refractivity contribution is 7.89. The van der Waals surface area contributed by atoms with Crippen LogP contribution in [0.1, 0.15) is 16.8 Å². The van der Waals surface area contributed by atoms with Gasteiger partial charge in [0.25, 0.3) is 5.91 Å². The molecule has 0 spiro atoms. The fraction of sp³-hybridized carbons (Fsp3) is 0.364. The van der Waals surface area contributed by atoms with E-state index in [1.807, 2.05) is 0 Å². The summed E-state index contributed by atoms with van der Waals surface area (Å²) in [6.45, 7) is 1.39. The lowest BCUT2D eigenvalue weighted by Crippen LogP contribution is -2.42. The third-order valence-corrected chi connectivity index (χ3v) is 4.63. The molecular weight excluding hydrogens is 276 g/mol. The Morgan fingerprint density at radius 1 is 1.39 bits per heavy atom. The van der Waals surface area contributed by atoms with E-state index in [9.17, 15) is 13.2 Å². The predicted octanol–water partition coefficient (Wildman–Crippen LogP) is 1.09. The van der Waals surface area contributed by atoms with Crippen LogP contribution in [0.25, 0.3) is 0 Å². The molecule has 2 rings (SSSR count). The van der Waals surface area contributed by atoms with Crippen LogP contribution in [0.5, 0.6) is 0 Å². The van der Waals surface area contributed by atoms with Gasteiger partial charge in [-0.05, 0) is 31.7 Å². The first kappa shape index (κ1) is 13.3. The Morgan fingerprint density at radius 2 is 2.06 bits per heavy atom. The van der Waals surface area contributed by atoms with Crippen molar-refractivity contribution in [1.82, 2.24) is 9.62 Å². The minimum atomic E-state index is -3.56. The number of likely N-dealkylation sites (tertiary alicyclic amines) is 1. The normalized spacial score (nSPS) is 15.3. The fourth-order valence-electron chi connectivity index (χ4n) is 1.64. The number of rotatable bonds is 3. The van der Waals surface area contributed by atoms with Gasteiger partial charge in [-0.1, -0.05) is 11.6 Å². The van der Waals surface area contributed by atoms with Gasteiger partial charge in [0.15, 0.2) is 0 Å². The monoisotopic (exact) mass is 288 g/mol. The number of sulfonamides is 1. The smallest absolute Gasteiger partial charge is 0.255 e. The van der Waals surface area contributed by atoms with Crippen molar-refractivity contribution >= 4 is 27.5 Å². The van der Waals surface area contributed by atoms with Gasteiger partial charge in [-0.15, -0.1) is 0 Å². The SMILES string of the molecule is CNS(=O)(=O)c1ccc(Cl)c(C(=O)N2CCC2)c1. The molecule has 0 bridgehead atoms. The van der Waals surface area contributed by atoms with Crippen molar-refractivity contribution in [1.29, 1.82) is 0 Å². The molecule has 1 fully saturated rings. The van der Waals surface area contributed by atoms with Crippen molar-refractivity contribution in [2.45, 2.75) is 11.3 Å². The second-order valence-electron chi connectivity index (χ2n) is 3.99. The van der Waals surface area contributed by atoms with Crippen LogP contribution in [-0.2, 0) is 10.0 Å². The van der Waals surface area contributed by atoms with E-state index in [0.29, 0.717) is 13.1 Å². The molecular formula is C11H13ClN2O3S. The second kappa shape index (κ2) is 4.87. The maximum Gasteiger partial charge on any atom is 0.255 e. The summed E-state index contributed by atoms with van der Waals surface area (Å²) in [6.07, 6.45) is 0.970. The van der Waals surface area contributed by atoms with Crippen molar-refractivity contribution in [2.24, 2.45) is 0 Å². The number of halogens is 1. The van der Waals surface area contributed by atoms with E-state index in [-0.39, 0.29) is 21.4 Å². The molecule has 0 aromatic heterocycles. The highest BCUT2D eigenvalue weighted by Gasteiger charge is 2.25. The third-order valence-electron chi connectivity index (χ3n) is 2.89. The van der Waals surface area contributed by atoms with Gasteiger partial charge >= 0.3 is 0 Å². The van der Waals surface area contributed by atoms with Crippen LogP contribution in [-0.4, -0.2) is 39.4 Å². The van der Waals surface area contributed by atoms with Crippen molar-refractivity contribution in [2.75, 3.05) is 20.1 Å². The maximum absolute atomic E-state index is 12.0. The molecule has 5 nitrogen and oxygen atoms in total. The summed E-state index contributed by atoms with van der Waals surface area (Å²) in [4.78, 5) is 13.7. The van der Waals surface area contributed by atoms with E-state index in [1.54, 1.807) is 4.90 Å². The van der Waals surface area contributed by atoms with Crippen LogP contribution in [0.3, 0.4) is 0 Å². The molecule has 0 saturated carbocycles. The molecule has 1 aliphatic heterocycles. The van der Waals surface area contributed by atoms with E-state index in [0.717, 1.165) is 6.42 Å². The van der Waals surface area contributed by atoms with Gasteiger partial charge in [0, 0.05) is 13.1 Å². The van der Waals surface area contributed by atoms with Crippen LogP contribution in [0, 0.1) is 0 Å². The summed E-state index contributed by atoms with van der Waals surface area (Å²) in [5.41, 5.74) is 0.229. The summed E-state index contributed by atoms with van der Waals surface area (Å²) in [5, 5.41) is 0.266. The minimum absolute atomic E-state index is 0.0401. The lowest BCUT2D eigenvalue weighted by molar-refractivity contribution is 0.0652. The second-order valence-corrected chi connectivity index (χ2v) is 6.29. The van der Waals surface area contributed by atoms with Gasteiger partial charge in [0.05, 0.1) is 15.5 Å². The molecule has 1 saturated heterocycles. The summed E-state index contributed by atoms with van der Waals surface area (Å²) in [5.74, 6) is -0.223. The number of benzene rings is 1. The van der Waals surface area contributed by atoms with Crippen molar-refractivity contribution in [3.8, 4) is 0 Å². The molecule has 0 atom stereocenters. The van der Waals surface area contributed by atoms with Gasteiger partial charge in [0.1, 0.15) is 0 Å². The molecule has 18 heavy (non-hydrogen) atoms. The van der Waals surface area contributed by atoms with E-state index in [2.05, 4.69) is 4.72 Å². The number of carbonyl (C=O) groups excluding carboxylic acids is 1. The standard InChI is InChI=1S/C11H13ClN2O3S/c1-13-18(16,17)8-3-4-10(12)9(7-8)11(15)14-5-2-6-14/h3-4,7,13H,2,5-6H2,1H3. The highest BCUT2D eigenvalue weighted by Crippen LogP contribution is 2.23. The first-order valence-corrected chi connectivity index (χ1v) is 7.34. The Balaban J connectivity index is 2.41. The largest absolute Gasteiger partial charge is 0.338 e. The average molecular weight is 289 g/mol. The van der Waals surface area contributed by atoms with Crippen molar-refractivity contribution in [3.63, 3.8) is 0 Å². The molecule has 1 N–H and O–H groups in total. The molecule has 0 unspecified atom stereocenters. The van der Waals surface area contributed by atoms with Gasteiger partial charge in [0.2, 0.25) is 10.0 Å². The van der Waals surface area contributed by atoms with Crippen LogP contribution in [0.4, 0.5) is 0 Å². The lowest BCUT2D eigenvalue weighted by atomic mass is 10.1. The van der Waals surface area contributed by atoms with Crippen molar-refractivity contribution < 1.29 is 13.2 Å². The van der Waals surface area contributed by atoms with Gasteiger partial charge in [-0.25, -0.2) is 13.1 Å². The number of nitrogens with one attached hydrogen (secondary N) is 1. The quantitative estimate of drug-likeness (QED) is 0.905. The van der Waals surface area contributed by atoms with Gasteiger partial charge in [-0.3, -0.25) is 4.79 Å². The van der Waals surface area contributed by atoms with Crippen LogP contribution < -0.4 is 4.72 Å². The first-order valence-electron chi connectivity index (χ1n) is 5.48.